The molecule has 3 N–H and O–H groups in total. The lowest BCUT2D eigenvalue weighted by molar-refractivity contribution is -0.143. The van der Waals surface area contributed by atoms with Crippen LogP contribution in [0.5, 0.6) is 0 Å². The quantitative estimate of drug-likeness (QED) is 0.0320. The van der Waals surface area contributed by atoms with E-state index in [0.29, 0.717) is 25.9 Å². The van der Waals surface area contributed by atoms with E-state index in [1.807, 2.05) is 0 Å². The van der Waals surface area contributed by atoms with E-state index in [0.717, 1.165) is 44.9 Å². The Kier molecular flexibility index (Phi) is 62.9. The normalized spacial score (nSPS) is 12.5. The molecule has 0 aliphatic rings. The van der Waals surface area contributed by atoms with Gasteiger partial charge in [-0.15, -0.1) is 0 Å². The van der Waals surface area contributed by atoms with Crippen LogP contribution >= 0.6 is 0 Å². The van der Waals surface area contributed by atoms with Gasteiger partial charge in [-0.2, -0.15) is 0 Å². The Morgan fingerprint density at radius 3 is 0.959 bits per heavy atom. The molecule has 0 radical (unpaired) electrons. The van der Waals surface area contributed by atoms with Crippen LogP contribution in [0.4, 0.5) is 0 Å². The Labute approximate surface area is 463 Å². The molecule has 6 heteroatoms. The second-order valence-electron chi connectivity index (χ2n) is 23.5. The average Bonchev–Trinajstić information content (AvgIpc) is 3.40. The number of aliphatic hydroxyl groups is 2. The van der Waals surface area contributed by atoms with Crippen molar-refractivity contribution in [3.05, 3.63) is 12.2 Å². The Morgan fingerprint density at radius 2 is 0.635 bits per heavy atom. The summed E-state index contributed by atoms with van der Waals surface area (Å²) >= 11 is 0. The van der Waals surface area contributed by atoms with E-state index in [9.17, 15) is 19.8 Å². The molecule has 0 aromatic rings. The predicted octanol–water partition coefficient (Wildman–Crippen LogP) is 21.6. The van der Waals surface area contributed by atoms with Crippen LogP contribution in [-0.2, 0) is 14.3 Å². The first-order chi connectivity index (χ1) is 36.5. The molecule has 0 fully saturated rings. The van der Waals surface area contributed by atoms with Crippen LogP contribution in [0.3, 0.4) is 0 Å². The summed E-state index contributed by atoms with van der Waals surface area (Å²) in [6, 6.07) is -0.536. The van der Waals surface area contributed by atoms with Gasteiger partial charge in [0.1, 0.15) is 0 Å². The molecule has 0 aliphatic heterocycles. The highest BCUT2D eigenvalue weighted by Gasteiger charge is 2.20. The molecule has 440 valence electrons. The monoisotopic (exact) mass is 1040 g/mol. The number of hydrogen-bond acceptors (Lipinski definition) is 5. The molecule has 0 aromatic heterocycles. The molecule has 0 aromatic carbocycles. The SMILES string of the molecule is CCCCCCC/C=C\CCCCCCCC(=O)OCCCCCCCCCCCCCCCCCCCCCCCCCCCCCCCCCC(=O)NC(CO)C(O)CCCCCCCCCCCCCC. The first-order valence-electron chi connectivity index (χ1n) is 33.9. The van der Waals surface area contributed by atoms with Crippen molar-refractivity contribution in [3.8, 4) is 0 Å². The van der Waals surface area contributed by atoms with Crippen LogP contribution in [0, 0.1) is 0 Å². The molecule has 2 unspecified atom stereocenters. The van der Waals surface area contributed by atoms with E-state index in [-0.39, 0.29) is 18.5 Å². The highest BCUT2D eigenvalue weighted by molar-refractivity contribution is 5.76. The number of aliphatic hydroxyl groups excluding tert-OH is 2. The van der Waals surface area contributed by atoms with Crippen LogP contribution in [0.25, 0.3) is 0 Å². The average molecular weight is 1040 g/mol. The standard InChI is InChI=1S/C68H133NO5/c1-3-5-7-9-11-13-15-17-38-42-46-50-54-58-62-68(73)74-63-59-55-51-47-43-39-36-34-32-30-28-26-24-22-20-18-19-21-23-25-27-29-31-33-35-37-41-45-49-53-57-61-67(72)69-65(64-70)66(71)60-56-52-48-44-40-16-14-12-10-8-6-4-2/h15,17,65-66,70-71H,3-14,16,18-64H2,1-2H3,(H,69,72)/b17-15-. The van der Waals surface area contributed by atoms with E-state index in [1.54, 1.807) is 0 Å². The van der Waals surface area contributed by atoms with Crippen LogP contribution in [0.2, 0.25) is 0 Å². The lowest BCUT2D eigenvalue weighted by Crippen LogP contribution is -2.45. The number of esters is 1. The highest BCUT2D eigenvalue weighted by atomic mass is 16.5. The third kappa shape index (κ3) is 59.8. The summed E-state index contributed by atoms with van der Waals surface area (Å²) in [7, 11) is 0. The number of hydrogen-bond donors (Lipinski definition) is 3. The number of ether oxygens (including phenoxy) is 1. The molecule has 0 rings (SSSR count). The first kappa shape index (κ1) is 72.6. The third-order valence-corrected chi connectivity index (χ3v) is 16.1. The van der Waals surface area contributed by atoms with E-state index in [4.69, 9.17) is 4.74 Å². The van der Waals surface area contributed by atoms with Crippen molar-refractivity contribution < 1.29 is 24.5 Å². The number of rotatable bonds is 64. The van der Waals surface area contributed by atoms with E-state index < -0.39 is 12.1 Å². The molecule has 6 nitrogen and oxygen atoms in total. The second kappa shape index (κ2) is 64.1. The van der Waals surface area contributed by atoms with Crippen molar-refractivity contribution in [2.75, 3.05) is 13.2 Å². The topological polar surface area (TPSA) is 95.9 Å². The van der Waals surface area contributed by atoms with Gasteiger partial charge in [0, 0.05) is 12.8 Å². The molecule has 0 spiro atoms. The van der Waals surface area contributed by atoms with Gasteiger partial charge in [-0.25, -0.2) is 0 Å². The number of carbonyl (C=O) groups is 2. The number of unbranched alkanes of at least 4 members (excludes halogenated alkanes) is 51. The van der Waals surface area contributed by atoms with Crippen molar-refractivity contribution in [1.29, 1.82) is 0 Å². The molecule has 0 bridgehead atoms. The van der Waals surface area contributed by atoms with Gasteiger partial charge < -0.3 is 20.3 Å². The third-order valence-electron chi connectivity index (χ3n) is 16.1. The zero-order valence-electron chi connectivity index (χ0n) is 50.4. The van der Waals surface area contributed by atoms with E-state index in [1.165, 1.54) is 308 Å². The van der Waals surface area contributed by atoms with Crippen molar-refractivity contribution >= 4 is 11.9 Å². The fourth-order valence-corrected chi connectivity index (χ4v) is 10.9. The van der Waals surface area contributed by atoms with Gasteiger partial charge in [0.25, 0.3) is 0 Å². The van der Waals surface area contributed by atoms with Gasteiger partial charge in [0.15, 0.2) is 0 Å². The maximum atomic E-state index is 12.5. The second-order valence-corrected chi connectivity index (χ2v) is 23.5. The maximum Gasteiger partial charge on any atom is 0.305 e. The van der Waals surface area contributed by atoms with Crippen LogP contribution in [-0.4, -0.2) is 47.4 Å². The summed E-state index contributed by atoms with van der Waals surface area (Å²) in [5.74, 6) is -0.0163. The van der Waals surface area contributed by atoms with E-state index >= 15 is 0 Å². The smallest absolute Gasteiger partial charge is 0.305 e. The minimum Gasteiger partial charge on any atom is -0.466 e. The van der Waals surface area contributed by atoms with Gasteiger partial charge in [0.05, 0.1) is 25.4 Å². The van der Waals surface area contributed by atoms with Gasteiger partial charge >= 0.3 is 5.97 Å². The number of carbonyl (C=O) groups excluding carboxylic acids is 2. The minimum atomic E-state index is -0.659. The summed E-state index contributed by atoms with van der Waals surface area (Å²) in [4.78, 5) is 24.5. The zero-order chi connectivity index (χ0) is 53.6. The Morgan fingerprint density at radius 1 is 0.365 bits per heavy atom. The largest absolute Gasteiger partial charge is 0.466 e. The van der Waals surface area contributed by atoms with Gasteiger partial charge in [0.2, 0.25) is 5.91 Å². The lowest BCUT2D eigenvalue weighted by Gasteiger charge is -2.22. The Bertz CT molecular complexity index is 1110. The number of allylic oxidation sites excluding steroid dienone is 2. The highest BCUT2D eigenvalue weighted by Crippen LogP contribution is 2.19. The summed E-state index contributed by atoms with van der Waals surface area (Å²) in [6.45, 7) is 4.97. The molecule has 1 amide bonds. The number of amides is 1. The van der Waals surface area contributed by atoms with Gasteiger partial charge in [-0.1, -0.05) is 334 Å². The molecule has 0 aliphatic carbocycles. The van der Waals surface area contributed by atoms with Crippen LogP contribution < -0.4 is 5.32 Å². The van der Waals surface area contributed by atoms with Crippen molar-refractivity contribution in [3.63, 3.8) is 0 Å². The minimum absolute atomic E-state index is 0.0128. The Hall–Kier alpha value is -1.40. The summed E-state index contributed by atoms with van der Waals surface area (Å²) < 4.78 is 5.49. The molecular weight excluding hydrogens is 911 g/mol. The fourth-order valence-electron chi connectivity index (χ4n) is 10.9. The predicted molar refractivity (Wildman–Crippen MR) is 324 cm³/mol. The fraction of sp³-hybridized carbons (Fsp3) is 0.941. The Balaban J connectivity index is 3.30. The van der Waals surface area contributed by atoms with Crippen molar-refractivity contribution in [2.24, 2.45) is 0 Å². The van der Waals surface area contributed by atoms with Crippen molar-refractivity contribution in [1.82, 2.24) is 5.32 Å². The summed E-state index contributed by atoms with van der Waals surface area (Å²) in [6.07, 6.45) is 78.3. The maximum absolute atomic E-state index is 12.5. The van der Waals surface area contributed by atoms with Crippen LogP contribution in [0.15, 0.2) is 12.2 Å². The summed E-state index contributed by atoms with van der Waals surface area (Å²) in [5, 5.41) is 23.3. The first-order valence-corrected chi connectivity index (χ1v) is 33.9. The lowest BCUT2D eigenvalue weighted by atomic mass is 10.0. The van der Waals surface area contributed by atoms with E-state index in [2.05, 4.69) is 31.3 Å². The molecule has 0 saturated carbocycles. The molecule has 0 heterocycles. The molecule has 2 atom stereocenters. The van der Waals surface area contributed by atoms with Gasteiger partial charge in [-0.05, 0) is 51.4 Å². The molecular formula is C68H133NO5. The summed E-state index contributed by atoms with van der Waals surface area (Å²) in [5.41, 5.74) is 0. The van der Waals surface area contributed by atoms with Crippen molar-refractivity contribution in [2.45, 2.75) is 398 Å². The molecule has 74 heavy (non-hydrogen) atoms. The number of nitrogens with one attached hydrogen (secondary N) is 1. The van der Waals surface area contributed by atoms with Crippen LogP contribution in [0.1, 0.15) is 386 Å². The molecule has 0 saturated heterocycles. The van der Waals surface area contributed by atoms with Gasteiger partial charge in [-0.3, -0.25) is 9.59 Å². The zero-order valence-corrected chi connectivity index (χ0v) is 50.4.